The maximum absolute atomic E-state index is 12.3. The van der Waals surface area contributed by atoms with E-state index in [4.69, 9.17) is 0 Å². The second-order valence-electron chi connectivity index (χ2n) is 6.49. The molecule has 1 N–H and O–H groups in total. The largest absolute Gasteiger partial charge is 0.346 e. The van der Waals surface area contributed by atoms with Gasteiger partial charge in [-0.2, -0.15) is 5.26 Å². The first-order chi connectivity index (χ1) is 13.2. The normalized spacial score (nSPS) is 15.4. The number of imidazole rings is 1. The van der Waals surface area contributed by atoms with E-state index in [0.29, 0.717) is 5.56 Å². The number of nitrogens with zero attached hydrogens (tertiary/aromatic N) is 3. The molecule has 0 bridgehead atoms. The van der Waals surface area contributed by atoms with Crippen LogP contribution in [0.2, 0.25) is 0 Å². The molecule has 5 nitrogen and oxygen atoms in total. The summed E-state index contributed by atoms with van der Waals surface area (Å²) in [5, 5.41) is 12.5. The highest BCUT2D eigenvalue weighted by atomic mass is 16.1. The van der Waals surface area contributed by atoms with Crippen LogP contribution in [0, 0.1) is 11.3 Å². The summed E-state index contributed by atoms with van der Waals surface area (Å²) in [4.78, 5) is 16.3. The highest BCUT2D eigenvalue weighted by molar-refractivity contribution is 5.92. The first-order valence-electron chi connectivity index (χ1n) is 8.83. The number of amides is 1. The zero-order chi connectivity index (χ0) is 18.6. The van der Waals surface area contributed by atoms with E-state index in [1.165, 1.54) is 17.2 Å². The van der Waals surface area contributed by atoms with Gasteiger partial charge in [0.2, 0.25) is 5.91 Å². The van der Waals surface area contributed by atoms with Crippen molar-refractivity contribution >= 4 is 12.0 Å². The van der Waals surface area contributed by atoms with Crippen LogP contribution in [0.25, 0.3) is 11.8 Å². The van der Waals surface area contributed by atoms with Gasteiger partial charge >= 0.3 is 0 Å². The first-order valence-corrected chi connectivity index (χ1v) is 8.83. The van der Waals surface area contributed by atoms with E-state index in [1.54, 1.807) is 35.4 Å². The Labute approximate surface area is 157 Å². The quantitative estimate of drug-likeness (QED) is 0.728. The van der Waals surface area contributed by atoms with E-state index in [1.807, 2.05) is 24.3 Å². The number of aryl methyl sites for hydroxylation is 1. The number of aromatic nitrogens is 2. The van der Waals surface area contributed by atoms with E-state index in [0.717, 1.165) is 24.1 Å². The summed E-state index contributed by atoms with van der Waals surface area (Å²) in [5.41, 5.74) is 4.60. The maximum Gasteiger partial charge on any atom is 0.244 e. The predicted octanol–water partition coefficient (Wildman–Crippen LogP) is 3.56. The van der Waals surface area contributed by atoms with Gasteiger partial charge in [-0.05, 0) is 47.7 Å². The van der Waals surface area contributed by atoms with Crippen LogP contribution in [0.3, 0.4) is 0 Å². The van der Waals surface area contributed by atoms with Crippen LogP contribution in [-0.2, 0) is 11.2 Å². The molecule has 1 heterocycles. The monoisotopic (exact) mass is 354 g/mol. The van der Waals surface area contributed by atoms with Crippen molar-refractivity contribution in [2.24, 2.45) is 0 Å². The molecule has 1 amide bonds. The summed E-state index contributed by atoms with van der Waals surface area (Å²) < 4.78 is 1.79. The summed E-state index contributed by atoms with van der Waals surface area (Å²) in [5.74, 6) is -0.131. The Kier molecular flexibility index (Phi) is 4.54. The average molecular weight is 354 g/mol. The Bertz CT molecular complexity index is 1040. The van der Waals surface area contributed by atoms with E-state index in [9.17, 15) is 10.1 Å². The molecule has 0 spiro atoms. The van der Waals surface area contributed by atoms with Gasteiger partial charge in [-0.3, -0.25) is 4.79 Å². The fourth-order valence-electron chi connectivity index (χ4n) is 3.47. The summed E-state index contributed by atoms with van der Waals surface area (Å²) in [7, 11) is 0. The molecule has 3 aromatic rings. The standard InChI is InChI=1S/C22H18N4O/c23-14-18-13-16(5-9-21(18)26-12-11-24-15-26)6-10-22(27)25-20-8-7-17-3-1-2-4-19(17)20/h1-6,9-13,15,20H,7-8H2,(H,25,27). The second-order valence-corrected chi connectivity index (χ2v) is 6.49. The molecule has 0 aliphatic heterocycles. The summed E-state index contributed by atoms with van der Waals surface area (Å²) in [6.07, 6.45) is 10.3. The van der Waals surface area contributed by atoms with Crippen molar-refractivity contribution in [2.75, 3.05) is 0 Å². The molecule has 0 radical (unpaired) electrons. The van der Waals surface area contributed by atoms with Gasteiger partial charge in [0.25, 0.3) is 0 Å². The SMILES string of the molecule is N#Cc1cc(C=CC(=O)NC2CCc3ccccc32)ccc1-n1ccnc1. The Morgan fingerprint density at radius 1 is 1.30 bits per heavy atom. The molecule has 2 aromatic carbocycles. The number of fused-ring (bicyclic) bond motifs is 1. The number of hydrogen-bond donors (Lipinski definition) is 1. The zero-order valence-electron chi connectivity index (χ0n) is 14.7. The van der Waals surface area contributed by atoms with Crippen LogP contribution in [0.15, 0.2) is 67.3 Å². The average Bonchev–Trinajstić information content (AvgIpc) is 3.37. The molecule has 0 saturated heterocycles. The number of nitriles is 1. The van der Waals surface area contributed by atoms with Crippen molar-refractivity contribution in [1.29, 1.82) is 5.26 Å². The number of carbonyl (C=O) groups is 1. The fraction of sp³-hybridized carbons (Fsp3) is 0.136. The van der Waals surface area contributed by atoms with Crippen molar-refractivity contribution in [3.63, 3.8) is 0 Å². The number of rotatable bonds is 4. The molecule has 0 fully saturated rings. The number of nitrogens with one attached hydrogen (secondary N) is 1. The molecule has 1 aromatic heterocycles. The molecule has 0 saturated carbocycles. The molecule has 1 aliphatic rings. The Morgan fingerprint density at radius 2 is 2.19 bits per heavy atom. The lowest BCUT2D eigenvalue weighted by Crippen LogP contribution is -2.25. The minimum absolute atomic E-state index is 0.0663. The van der Waals surface area contributed by atoms with Crippen molar-refractivity contribution in [3.8, 4) is 11.8 Å². The van der Waals surface area contributed by atoms with Gasteiger partial charge < -0.3 is 9.88 Å². The van der Waals surface area contributed by atoms with Gasteiger partial charge in [0.05, 0.1) is 23.6 Å². The number of hydrogen-bond acceptors (Lipinski definition) is 3. The van der Waals surface area contributed by atoms with Crippen molar-refractivity contribution in [1.82, 2.24) is 14.9 Å². The van der Waals surface area contributed by atoms with Gasteiger partial charge in [0, 0.05) is 18.5 Å². The van der Waals surface area contributed by atoms with Crippen LogP contribution < -0.4 is 5.32 Å². The highest BCUT2D eigenvalue weighted by Gasteiger charge is 2.22. The van der Waals surface area contributed by atoms with Crippen LogP contribution >= 0.6 is 0 Å². The van der Waals surface area contributed by atoms with Gasteiger partial charge in [-0.1, -0.05) is 30.3 Å². The van der Waals surface area contributed by atoms with Crippen LogP contribution in [0.4, 0.5) is 0 Å². The molecule has 1 atom stereocenters. The zero-order valence-corrected chi connectivity index (χ0v) is 14.7. The molecular formula is C22H18N4O. The topological polar surface area (TPSA) is 70.7 Å². The van der Waals surface area contributed by atoms with Gasteiger partial charge in [-0.25, -0.2) is 4.98 Å². The lowest BCUT2D eigenvalue weighted by molar-refractivity contribution is -0.117. The third-order valence-electron chi connectivity index (χ3n) is 4.80. The third kappa shape index (κ3) is 3.51. The van der Waals surface area contributed by atoms with Crippen molar-refractivity contribution < 1.29 is 4.79 Å². The molecule has 27 heavy (non-hydrogen) atoms. The summed E-state index contributed by atoms with van der Waals surface area (Å²) >= 11 is 0. The van der Waals surface area contributed by atoms with E-state index < -0.39 is 0 Å². The minimum atomic E-state index is -0.131. The molecular weight excluding hydrogens is 336 g/mol. The van der Waals surface area contributed by atoms with Crippen LogP contribution in [0.5, 0.6) is 0 Å². The van der Waals surface area contributed by atoms with Gasteiger partial charge in [0.1, 0.15) is 6.07 Å². The Hall–Kier alpha value is -3.65. The van der Waals surface area contributed by atoms with E-state index in [2.05, 4.69) is 28.5 Å². The summed E-state index contributed by atoms with van der Waals surface area (Å²) in [6, 6.07) is 16.0. The predicted molar refractivity (Wildman–Crippen MR) is 103 cm³/mol. The minimum Gasteiger partial charge on any atom is -0.346 e. The van der Waals surface area contributed by atoms with Gasteiger partial charge in [0.15, 0.2) is 0 Å². The Morgan fingerprint density at radius 3 is 3.00 bits per heavy atom. The van der Waals surface area contributed by atoms with Crippen molar-refractivity contribution in [3.05, 3.63) is 89.5 Å². The third-order valence-corrected chi connectivity index (χ3v) is 4.80. The van der Waals surface area contributed by atoms with Crippen molar-refractivity contribution in [2.45, 2.75) is 18.9 Å². The molecule has 132 valence electrons. The lowest BCUT2D eigenvalue weighted by Gasteiger charge is -2.12. The number of carbonyl (C=O) groups excluding carboxylic acids is 1. The van der Waals surface area contributed by atoms with E-state index in [-0.39, 0.29) is 11.9 Å². The molecule has 5 heteroatoms. The van der Waals surface area contributed by atoms with Crippen LogP contribution in [0.1, 0.15) is 34.7 Å². The van der Waals surface area contributed by atoms with Gasteiger partial charge in [-0.15, -0.1) is 0 Å². The van der Waals surface area contributed by atoms with Crippen LogP contribution in [-0.4, -0.2) is 15.5 Å². The molecule has 1 aliphatic carbocycles. The highest BCUT2D eigenvalue weighted by Crippen LogP contribution is 2.30. The second kappa shape index (κ2) is 7.30. The molecule has 4 rings (SSSR count). The Balaban J connectivity index is 1.47. The van der Waals surface area contributed by atoms with E-state index >= 15 is 0 Å². The maximum atomic E-state index is 12.3. The fourth-order valence-corrected chi connectivity index (χ4v) is 3.47. The molecule has 1 unspecified atom stereocenters. The lowest BCUT2D eigenvalue weighted by atomic mass is 10.1. The summed E-state index contributed by atoms with van der Waals surface area (Å²) in [6.45, 7) is 0. The number of benzene rings is 2. The first kappa shape index (κ1) is 16.8. The smallest absolute Gasteiger partial charge is 0.244 e.